The molecule has 0 aliphatic carbocycles. The average Bonchev–Trinajstić information content (AvgIpc) is 2.28. The summed E-state index contributed by atoms with van der Waals surface area (Å²) in [7, 11) is 1.59. The molecule has 0 saturated carbocycles. The first-order valence-corrected chi connectivity index (χ1v) is 5.98. The maximum atomic E-state index is 10.9. The van der Waals surface area contributed by atoms with E-state index in [4.69, 9.17) is 4.74 Å². The Hall–Kier alpha value is -0.730. The molecule has 3 nitrogen and oxygen atoms in total. The van der Waals surface area contributed by atoms with Gasteiger partial charge in [0, 0.05) is 7.05 Å². The molecule has 0 heterocycles. The maximum Gasteiger partial charge on any atom is 0.406 e. The van der Waals surface area contributed by atoms with E-state index in [-0.39, 0.29) is 6.09 Å². The summed E-state index contributed by atoms with van der Waals surface area (Å²) in [6, 6.07) is 0. The van der Waals surface area contributed by atoms with Gasteiger partial charge in [-0.15, -0.1) is 0 Å². The molecule has 2 unspecified atom stereocenters. The van der Waals surface area contributed by atoms with Crippen LogP contribution >= 0.6 is 0 Å². The summed E-state index contributed by atoms with van der Waals surface area (Å²) >= 11 is 0. The first kappa shape index (κ1) is 14.3. The predicted octanol–water partition coefficient (Wildman–Crippen LogP) is 3.19. The third-order valence-electron chi connectivity index (χ3n) is 3.00. The van der Waals surface area contributed by atoms with Crippen molar-refractivity contribution in [3.05, 3.63) is 0 Å². The number of hydrogen-bond donors (Lipinski definition) is 1. The van der Waals surface area contributed by atoms with Crippen molar-refractivity contribution in [3.8, 4) is 0 Å². The molecule has 1 N–H and O–H groups in total. The van der Waals surface area contributed by atoms with E-state index in [0.29, 0.717) is 12.5 Å². The van der Waals surface area contributed by atoms with Gasteiger partial charge in [0.15, 0.2) is 0 Å². The minimum Gasteiger partial charge on any atom is -0.449 e. The number of rotatable bonds is 7. The van der Waals surface area contributed by atoms with Gasteiger partial charge in [0.05, 0.1) is 6.61 Å². The molecule has 0 aliphatic rings. The topological polar surface area (TPSA) is 38.3 Å². The van der Waals surface area contributed by atoms with Gasteiger partial charge in [0.25, 0.3) is 0 Å². The summed E-state index contributed by atoms with van der Waals surface area (Å²) < 4.78 is 5.06. The van der Waals surface area contributed by atoms with Crippen LogP contribution in [0.2, 0.25) is 0 Å². The standard InChI is InChI=1S/C12H25NO2/c1-5-10(3)7-8-11(6-2)9-15-12(14)13-4/h10-11H,5-9H2,1-4H3,(H,13,14). The second-order valence-corrected chi connectivity index (χ2v) is 4.21. The molecule has 0 aromatic rings. The minimum atomic E-state index is -0.322. The normalized spacial score (nSPS) is 14.4. The number of alkyl carbamates (subject to hydrolysis) is 1. The van der Waals surface area contributed by atoms with Crippen LogP contribution in [0.25, 0.3) is 0 Å². The quantitative estimate of drug-likeness (QED) is 0.708. The molecule has 0 bridgehead atoms. The van der Waals surface area contributed by atoms with Crippen molar-refractivity contribution in [1.82, 2.24) is 5.32 Å². The molecule has 90 valence electrons. The number of hydrogen-bond acceptors (Lipinski definition) is 2. The smallest absolute Gasteiger partial charge is 0.406 e. The summed E-state index contributed by atoms with van der Waals surface area (Å²) in [5.74, 6) is 1.29. The highest BCUT2D eigenvalue weighted by Crippen LogP contribution is 2.17. The van der Waals surface area contributed by atoms with E-state index >= 15 is 0 Å². The van der Waals surface area contributed by atoms with E-state index in [1.165, 1.54) is 12.8 Å². The lowest BCUT2D eigenvalue weighted by atomic mass is 9.94. The maximum absolute atomic E-state index is 10.9. The highest BCUT2D eigenvalue weighted by atomic mass is 16.5. The Balaban J connectivity index is 3.68. The number of amides is 1. The highest BCUT2D eigenvalue weighted by Gasteiger charge is 2.10. The zero-order chi connectivity index (χ0) is 11.7. The molecule has 0 rings (SSSR count). The van der Waals surface area contributed by atoms with Gasteiger partial charge in [0.1, 0.15) is 0 Å². The van der Waals surface area contributed by atoms with Crippen molar-refractivity contribution in [2.75, 3.05) is 13.7 Å². The van der Waals surface area contributed by atoms with Crippen molar-refractivity contribution in [1.29, 1.82) is 0 Å². The number of carbonyl (C=O) groups is 1. The molecule has 0 aromatic carbocycles. The van der Waals surface area contributed by atoms with Crippen LogP contribution in [0.15, 0.2) is 0 Å². The molecule has 0 aromatic heterocycles. The molecule has 2 atom stereocenters. The Kier molecular flexibility index (Phi) is 8.15. The van der Waals surface area contributed by atoms with Crippen molar-refractivity contribution in [3.63, 3.8) is 0 Å². The van der Waals surface area contributed by atoms with Crippen LogP contribution in [0.3, 0.4) is 0 Å². The van der Waals surface area contributed by atoms with Crippen LogP contribution in [0.4, 0.5) is 4.79 Å². The Morgan fingerprint density at radius 1 is 1.27 bits per heavy atom. The lowest BCUT2D eigenvalue weighted by Crippen LogP contribution is -2.22. The highest BCUT2D eigenvalue weighted by molar-refractivity contribution is 5.66. The van der Waals surface area contributed by atoms with E-state index in [2.05, 4.69) is 26.1 Å². The number of nitrogens with one attached hydrogen (secondary N) is 1. The zero-order valence-corrected chi connectivity index (χ0v) is 10.5. The van der Waals surface area contributed by atoms with E-state index in [9.17, 15) is 4.79 Å². The Morgan fingerprint density at radius 2 is 1.93 bits per heavy atom. The Morgan fingerprint density at radius 3 is 2.40 bits per heavy atom. The SMILES string of the molecule is CCC(C)CCC(CC)COC(=O)NC. The molecule has 1 amide bonds. The fourth-order valence-corrected chi connectivity index (χ4v) is 1.40. The average molecular weight is 215 g/mol. The molecule has 0 aliphatic heterocycles. The summed E-state index contributed by atoms with van der Waals surface area (Å²) in [4.78, 5) is 10.9. The van der Waals surface area contributed by atoms with Gasteiger partial charge in [-0.05, 0) is 18.3 Å². The zero-order valence-electron chi connectivity index (χ0n) is 10.5. The van der Waals surface area contributed by atoms with Crippen LogP contribution in [-0.2, 0) is 4.74 Å². The number of ether oxygens (including phenoxy) is 1. The Labute approximate surface area is 93.6 Å². The second kappa shape index (κ2) is 8.57. The predicted molar refractivity (Wildman–Crippen MR) is 62.9 cm³/mol. The molecule has 0 spiro atoms. The minimum absolute atomic E-state index is 0.322. The van der Waals surface area contributed by atoms with Crippen LogP contribution < -0.4 is 5.32 Å². The van der Waals surface area contributed by atoms with E-state index in [1.54, 1.807) is 7.05 Å². The monoisotopic (exact) mass is 215 g/mol. The molecule has 0 saturated heterocycles. The first-order valence-electron chi connectivity index (χ1n) is 5.98. The van der Waals surface area contributed by atoms with Gasteiger partial charge >= 0.3 is 6.09 Å². The van der Waals surface area contributed by atoms with Crippen molar-refractivity contribution < 1.29 is 9.53 Å². The molecule has 0 radical (unpaired) electrons. The first-order chi connectivity index (χ1) is 7.13. The fraction of sp³-hybridized carbons (Fsp3) is 0.917. The summed E-state index contributed by atoms with van der Waals surface area (Å²) in [5, 5.41) is 2.46. The molecule has 15 heavy (non-hydrogen) atoms. The lowest BCUT2D eigenvalue weighted by molar-refractivity contribution is 0.123. The second-order valence-electron chi connectivity index (χ2n) is 4.21. The molecular formula is C12H25NO2. The fourth-order valence-electron chi connectivity index (χ4n) is 1.40. The summed E-state index contributed by atoms with van der Waals surface area (Å²) in [6.45, 7) is 7.18. The third-order valence-corrected chi connectivity index (χ3v) is 3.00. The van der Waals surface area contributed by atoms with Crippen molar-refractivity contribution >= 4 is 6.09 Å². The van der Waals surface area contributed by atoms with Crippen LogP contribution in [-0.4, -0.2) is 19.7 Å². The third kappa shape index (κ3) is 7.23. The van der Waals surface area contributed by atoms with Gasteiger partial charge in [-0.3, -0.25) is 0 Å². The van der Waals surface area contributed by atoms with Crippen LogP contribution in [0, 0.1) is 11.8 Å². The van der Waals surface area contributed by atoms with Crippen molar-refractivity contribution in [2.45, 2.75) is 46.5 Å². The summed E-state index contributed by atoms with van der Waals surface area (Å²) in [5.41, 5.74) is 0. The van der Waals surface area contributed by atoms with Gasteiger partial charge in [0.2, 0.25) is 0 Å². The Bertz CT molecular complexity index is 171. The lowest BCUT2D eigenvalue weighted by Gasteiger charge is -2.16. The van der Waals surface area contributed by atoms with E-state index < -0.39 is 0 Å². The molecule has 0 fully saturated rings. The number of carbonyl (C=O) groups excluding carboxylic acids is 1. The van der Waals surface area contributed by atoms with Crippen LogP contribution in [0.1, 0.15) is 46.5 Å². The molecular weight excluding hydrogens is 190 g/mol. The van der Waals surface area contributed by atoms with Crippen LogP contribution in [0.5, 0.6) is 0 Å². The van der Waals surface area contributed by atoms with Gasteiger partial charge < -0.3 is 10.1 Å². The van der Waals surface area contributed by atoms with Gasteiger partial charge in [-0.1, -0.05) is 40.0 Å². The van der Waals surface area contributed by atoms with Crippen molar-refractivity contribution in [2.24, 2.45) is 11.8 Å². The van der Waals surface area contributed by atoms with E-state index in [1.807, 2.05) is 0 Å². The van der Waals surface area contributed by atoms with Gasteiger partial charge in [-0.2, -0.15) is 0 Å². The van der Waals surface area contributed by atoms with E-state index in [0.717, 1.165) is 18.8 Å². The summed E-state index contributed by atoms with van der Waals surface area (Å²) in [6.07, 6.45) is 4.37. The largest absolute Gasteiger partial charge is 0.449 e. The molecule has 3 heteroatoms. The van der Waals surface area contributed by atoms with Gasteiger partial charge in [-0.25, -0.2) is 4.79 Å².